The highest BCUT2D eigenvalue weighted by atomic mass is 16.5. The summed E-state index contributed by atoms with van der Waals surface area (Å²) in [5.41, 5.74) is 8.99. The predicted octanol–water partition coefficient (Wildman–Crippen LogP) is 3.52. The first kappa shape index (κ1) is 20.5. The number of nitrogens with two attached hydrogens (primary N) is 1. The van der Waals surface area contributed by atoms with Gasteiger partial charge in [0.05, 0.1) is 18.0 Å². The largest absolute Gasteiger partial charge is 0.491 e. The summed E-state index contributed by atoms with van der Waals surface area (Å²) >= 11 is 0. The highest BCUT2D eigenvalue weighted by Crippen LogP contribution is 2.30. The molecule has 3 aromatic rings. The lowest BCUT2D eigenvalue weighted by atomic mass is 10.1. The number of rotatable bonds is 9. The first-order valence-electron chi connectivity index (χ1n) is 9.87. The molecular formula is C22H28N4O3. The lowest BCUT2D eigenvalue weighted by Gasteiger charge is -2.09. The van der Waals surface area contributed by atoms with Crippen molar-refractivity contribution < 1.29 is 14.3 Å². The number of nitrogen functional groups attached to an aromatic ring is 1. The Kier molecular flexibility index (Phi) is 6.59. The number of carbonyl (C=O) groups is 1. The molecule has 0 aliphatic heterocycles. The van der Waals surface area contributed by atoms with Gasteiger partial charge in [-0.3, -0.25) is 4.79 Å². The molecule has 0 aliphatic rings. The van der Waals surface area contributed by atoms with E-state index in [9.17, 15) is 4.79 Å². The van der Waals surface area contributed by atoms with E-state index >= 15 is 0 Å². The molecule has 7 nitrogen and oxygen atoms in total. The Labute approximate surface area is 170 Å². The summed E-state index contributed by atoms with van der Waals surface area (Å²) in [6, 6.07) is 9.31. The Bertz CT molecular complexity index is 981. The van der Waals surface area contributed by atoms with Crippen molar-refractivity contribution in [2.75, 3.05) is 25.5 Å². The Morgan fingerprint density at radius 2 is 2.07 bits per heavy atom. The van der Waals surface area contributed by atoms with Crippen LogP contribution in [0.25, 0.3) is 16.9 Å². The number of hydrogen-bond donors (Lipinski definition) is 2. The van der Waals surface area contributed by atoms with Gasteiger partial charge in [-0.15, -0.1) is 0 Å². The van der Waals surface area contributed by atoms with Gasteiger partial charge in [-0.2, -0.15) is 0 Å². The van der Waals surface area contributed by atoms with E-state index in [-0.39, 0.29) is 12.5 Å². The van der Waals surface area contributed by atoms with Crippen molar-refractivity contribution in [2.45, 2.75) is 27.2 Å². The van der Waals surface area contributed by atoms with Gasteiger partial charge < -0.3 is 24.9 Å². The molecule has 0 atom stereocenters. The second kappa shape index (κ2) is 9.32. The average molecular weight is 396 g/mol. The molecule has 0 radical (unpaired) electrons. The average Bonchev–Trinajstić information content (AvgIpc) is 3.14. The summed E-state index contributed by atoms with van der Waals surface area (Å²) in [6.07, 6.45) is 4.72. The molecule has 2 heterocycles. The van der Waals surface area contributed by atoms with Crippen LogP contribution < -0.4 is 20.5 Å². The molecule has 29 heavy (non-hydrogen) atoms. The van der Waals surface area contributed by atoms with Crippen molar-refractivity contribution >= 4 is 17.2 Å². The van der Waals surface area contributed by atoms with E-state index in [1.807, 2.05) is 54.9 Å². The number of ether oxygens (including phenoxy) is 2. The number of anilines is 1. The fourth-order valence-corrected chi connectivity index (χ4v) is 2.80. The molecule has 3 N–H and O–H groups in total. The van der Waals surface area contributed by atoms with E-state index in [0.29, 0.717) is 41.9 Å². The number of imidazole rings is 1. The Balaban J connectivity index is 1.77. The molecule has 2 aromatic heterocycles. The van der Waals surface area contributed by atoms with Crippen molar-refractivity contribution in [3.05, 3.63) is 42.7 Å². The summed E-state index contributed by atoms with van der Waals surface area (Å²) in [4.78, 5) is 16.6. The molecule has 7 heteroatoms. The lowest BCUT2D eigenvalue weighted by molar-refractivity contribution is -0.123. The summed E-state index contributed by atoms with van der Waals surface area (Å²) < 4.78 is 13.2. The molecule has 0 aliphatic carbocycles. The van der Waals surface area contributed by atoms with Gasteiger partial charge >= 0.3 is 0 Å². The van der Waals surface area contributed by atoms with Gasteiger partial charge in [0.1, 0.15) is 5.75 Å². The number of carbonyl (C=O) groups excluding carboxylic acids is 1. The molecule has 0 bridgehead atoms. The number of amides is 1. The molecule has 1 aromatic carbocycles. The number of fused-ring (bicyclic) bond motifs is 1. The van der Waals surface area contributed by atoms with Crippen LogP contribution >= 0.6 is 0 Å². The van der Waals surface area contributed by atoms with E-state index in [2.05, 4.69) is 17.2 Å². The van der Waals surface area contributed by atoms with Crippen LogP contribution in [0.4, 0.5) is 5.69 Å². The zero-order valence-electron chi connectivity index (χ0n) is 17.1. The highest BCUT2D eigenvalue weighted by molar-refractivity contribution is 5.78. The lowest BCUT2D eigenvalue weighted by Crippen LogP contribution is -2.31. The molecule has 0 saturated carbocycles. The molecule has 154 valence electrons. The van der Waals surface area contributed by atoms with E-state index in [4.69, 9.17) is 15.2 Å². The molecular weight excluding hydrogens is 368 g/mol. The Morgan fingerprint density at radius 1 is 1.24 bits per heavy atom. The number of aromatic nitrogens is 2. The maximum atomic E-state index is 11.9. The molecule has 3 rings (SSSR count). The summed E-state index contributed by atoms with van der Waals surface area (Å²) in [7, 11) is 0. The van der Waals surface area contributed by atoms with Crippen LogP contribution in [0.1, 0.15) is 27.2 Å². The minimum atomic E-state index is -0.150. The van der Waals surface area contributed by atoms with Gasteiger partial charge in [-0.1, -0.05) is 20.8 Å². The van der Waals surface area contributed by atoms with Crippen molar-refractivity contribution in [2.24, 2.45) is 5.92 Å². The zero-order chi connectivity index (χ0) is 20.8. The van der Waals surface area contributed by atoms with Crippen molar-refractivity contribution in [1.82, 2.24) is 14.7 Å². The third-order valence-electron chi connectivity index (χ3n) is 4.28. The van der Waals surface area contributed by atoms with Crippen LogP contribution in [-0.2, 0) is 4.79 Å². The molecule has 1 amide bonds. The predicted molar refractivity (Wildman–Crippen MR) is 114 cm³/mol. The Hall–Kier alpha value is -3.22. The first-order valence-corrected chi connectivity index (χ1v) is 9.87. The maximum absolute atomic E-state index is 11.9. The van der Waals surface area contributed by atoms with Crippen molar-refractivity contribution in [3.8, 4) is 22.8 Å². The van der Waals surface area contributed by atoms with Crippen LogP contribution in [0.3, 0.4) is 0 Å². The smallest absolute Gasteiger partial charge is 0.257 e. The fourth-order valence-electron chi connectivity index (χ4n) is 2.80. The third-order valence-corrected chi connectivity index (χ3v) is 4.28. The maximum Gasteiger partial charge on any atom is 0.257 e. The number of benzene rings is 1. The summed E-state index contributed by atoms with van der Waals surface area (Å²) in [5.74, 6) is 1.47. The van der Waals surface area contributed by atoms with Gasteiger partial charge in [-0.25, -0.2) is 4.98 Å². The monoisotopic (exact) mass is 396 g/mol. The SMILES string of the molecule is CCCOc1ccc(-c2cn3cccc(OCC(=O)NCC(C)C)c3n2)cc1N. The third kappa shape index (κ3) is 5.19. The normalized spacial score (nSPS) is 11.0. The van der Waals surface area contributed by atoms with Crippen LogP contribution in [0, 0.1) is 5.92 Å². The minimum Gasteiger partial charge on any atom is -0.491 e. The van der Waals surface area contributed by atoms with E-state index < -0.39 is 0 Å². The number of nitrogens with one attached hydrogen (secondary N) is 1. The second-order valence-corrected chi connectivity index (χ2v) is 7.32. The van der Waals surface area contributed by atoms with Gasteiger partial charge in [-0.05, 0) is 42.7 Å². The first-order chi connectivity index (χ1) is 14.0. The topological polar surface area (TPSA) is 90.9 Å². The van der Waals surface area contributed by atoms with Gasteiger partial charge in [0.15, 0.2) is 18.0 Å². The van der Waals surface area contributed by atoms with Crippen LogP contribution in [0.15, 0.2) is 42.7 Å². The van der Waals surface area contributed by atoms with Crippen LogP contribution in [0.2, 0.25) is 0 Å². The van der Waals surface area contributed by atoms with Crippen molar-refractivity contribution in [1.29, 1.82) is 0 Å². The molecule has 0 spiro atoms. The van der Waals surface area contributed by atoms with E-state index in [0.717, 1.165) is 17.7 Å². The minimum absolute atomic E-state index is 0.0506. The summed E-state index contributed by atoms with van der Waals surface area (Å²) in [5, 5.41) is 2.84. The van der Waals surface area contributed by atoms with Gasteiger partial charge in [0.25, 0.3) is 5.91 Å². The zero-order valence-corrected chi connectivity index (χ0v) is 17.1. The van der Waals surface area contributed by atoms with Crippen LogP contribution in [0.5, 0.6) is 11.5 Å². The standard InChI is InChI=1S/C22H28N4O3/c1-4-10-28-19-8-7-16(11-17(19)23)18-13-26-9-5-6-20(22(26)25-18)29-14-21(27)24-12-15(2)3/h5-9,11,13,15H,4,10,12,14,23H2,1-3H3,(H,24,27). The van der Waals surface area contributed by atoms with Crippen molar-refractivity contribution in [3.63, 3.8) is 0 Å². The van der Waals surface area contributed by atoms with Gasteiger partial charge in [0, 0.05) is 24.5 Å². The molecule has 0 fully saturated rings. The van der Waals surface area contributed by atoms with Gasteiger partial charge in [0.2, 0.25) is 0 Å². The highest BCUT2D eigenvalue weighted by Gasteiger charge is 2.12. The number of hydrogen-bond acceptors (Lipinski definition) is 5. The number of pyridine rings is 1. The van der Waals surface area contributed by atoms with Crippen LogP contribution in [-0.4, -0.2) is 35.1 Å². The van der Waals surface area contributed by atoms with E-state index in [1.165, 1.54) is 0 Å². The summed E-state index contributed by atoms with van der Waals surface area (Å²) in [6.45, 7) is 7.34. The molecule has 0 unspecified atom stereocenters. The second-order valence-electron chi connectivity index (χ2n) is 7.32. The number of nitrogens with zero attached hydrogens (tertiary/aromatic N) is 2. The Morgan fingerprint density at radius 3 is 2.79 bits per heavy atom. The van der Waals surface area contributed by atoms with E-state index in [1.54, 1.807) is 6.07 Å². The fraction of sp³-hybridized carbons (Fsp3) is 0.364. The molecule has 0 saturated heterocycles. The quantitative estimate of drug-likeness (QED) is 0.540.